The first kappa shape index (κ1) is 16.6. The third-order valence-electron chi connectivity index (χ3n) is 5.43. The molecule has 0 saturated carbocycles. The normalized spacial score (nSPS) is 29.0. The van der Waals surface area contributed by atoms with E-state index in [0.717, 1.165) is 49.8 Å². The van der Waals surface area contributed by atoms with Gasteiger partial charge in [0, 0.05) is 19.3 Å². The summed E-state index contributed by atoms with van der Waals surface area (Å²) in [6, 6.07) is 6.28. The summed E-state index contributed by atoms with van der Waals surface area (Å²) in [7, 11) is 0. The molecule has 1 aromatic heterocycles. The van der Waals surface area contributed by atoms with Gasteiger partial charge in [0.2, 0.25) is 0 Å². The molecule has 0 spiro atoms. The molecule has 1 saturated heterocycles. The Bertz CT molecular complexity index is 571. The van der Waals surface area contributed by atoms with Gasteiger partial charge in [0.1, 0.15) is 0 Å². The Morgan fingerprint density at radius 2 is 2.13 bits per heavy atom. The van der Waals surface area contributed by atoms with E-state index in [2.05, 4.69) is 47.9 Å². The molecule has 4 heteroatoms. The zero-order valence-electron chi connectivity index (χ0n) is 14.2. The molecule has 3 nitrogen and oxygen atoms in total. The van der Waals surface area contributed by atoms with Crippen LogP contribution in [0.5, 0.6) is 0 Å². The number of pyridine rings is 1. The quantitative estimate of drug-likeness (QED) is 0.620. The second-order valence-corrected chi connectivity index (χ2v) is 7.00. The second kappa shape index (κ2) is 7.10. The molecule has 2 unspecified atom stereocenters. The smallest absolute Gasteiger partial charge is 0.0928 e. The van der Waals surface area contributed by atoms with Crippen LogP contribution in [0.3, 0.4) is 0 Å². The van der Waals surface area contributed by atoms with Crippen molar-refractivity contribution in [2.75, 3.05) is 26.3 Å². The summed E-state index contributed by atoms with van der Waals surface area (Å²) in [5.41, 5.74) is 1.02. The first-order valence-electron chi connectivity index (χ1n) is 8.80. The Hall–Kier alpha value is -1.26. The highest BCUT2D eigenvalue weighted by Crippen LogP contribution is 2.43. The number of hydrogen-bond acceptors (Lipinski definition) is 3. The van der Waals surface area contributed by atoms with Gasteiger partial charge in [-0.3, -0.25) is 9.88 Å². The van der Waals surface area contributed by atoms with Crippen LogP contribution in [-0.4, -0.2) is 46.1 Å². The molecular formula is C19H27N3S. The first-order chi connectivity index (χ1) is 11.2. The van der Waals surface area contributed by atoms with Crippen molar-refractivity contribution in [3.05, 3.63) is 42.2 Å². The predicted molar refractivity (Wildman–Crippen MR) is 99.5 cm³/mol. The van der Waals surface area contributed by atoms with Gasteiger partial charge in [0.15, 0.2) is 0 Å². The number of likely N-dealkylation sites (N-methyl/N-ethyl adjacent to an activating group) is 2. The van der Waals surface area contributed by atoms with E-state index in [4.69, 9.17) is 17.2 Å². The zero-order valence-corrected chi connectivity index (χ0v) is 15.1. The van der Waals surface area contributed by atoms with E-state index >= 15 is 0 Å². The summed E-state index contributed by atoms with van der Waals surface area (Å²) in [5.74, 6) is 0.540. The van der Waals surface area contributed by atoms with Crippen LogP contribution < -0.4 is 0 Å². The van der Waals surface area contributed by atoms with Crippen LogP contribution in [-0.2, 0) is 5.41 Å². The van der Waals surface area contributed by atoms with Gasteiger partial charge in [-0.2, -0.15) is 0 Å². The molecule has 23 heavy (non-hydrogen) atoms. The van der Waals surface area contributed by atoms with E-state index in [1.54, 1.807) is 0 Å². The molecule has 3 rings (SSSR count). The fourth-order valence-corrected chi connectivity index (χ4v) is 4.61. The van der Waals surface area contributed by atoms with Crippen LogP contribution in [0.4, 0.5) is 0 Å². The summed E-state index contributed by atoms with van der Waals surface area (Å²) >= 11 is 6.06. The molecule has 2 heterocycles. The lowest BCUT2D eigenvalue weighted by Gasteiger charge is -2.52. The molecular weight excluding hydrogens is 302 g/mol. The van der Waals surface area contributed by atoms with E-state index in [1.807, 2.05) is 12.3 Å². The number of aromatic nitrogens is 1. The predicted octanol–water partition coefficient (Wildman–Crippen LogP) is 3.62. The monoisotopic (exact) mass is 329 g/mol. The Labute approximate surface area is 145 Å². The second-order valence-electron chi connectivity index (χ2n) is 6.62. The van der Waals surface area contributed by atoms with Crippen molar-refractivity contribution in [3.63, 3.8) is 0 Å². The molecule has 0 amide bonds. The summed E-state index contributed by atoms with van der Waals surface area (Å²) < 4.78 is 0. The van der Waals surface area contributed by atoms with Crippen molar-refractivity contribution in [2.24, 2.45) is 5.92 Å². The number of allylic oxidation sites excluding steroid dienone is 2. The molecule has 1 aliphatic carbocycles. The van der Waals surface area contributed by atoms with Crippen molar-refractivity contribution in [3.8, 4) is 0 Å². The lowest BCUT2D eigenvalue weighted by Crippen LogP contribution is -2.63. The molecule has 1 aliphatic heterocycles. The Morgan fingerprint density at radius 1 is 1.26 bits per heavy atom. The van der Waals surface area contributed by atoms with Crippen LogP contribution in [0.15, 0.2) is 36.5 Å². The van der Waals surface area contributed by atoms with Gasteiger partial charge in [0.25, 0.3) is 0 Å². The SMILES string of the molecule is CCN1CN(CC)C(=S)C(c2ccccn2)(C2CC=CCC2)C1. The molecule has 2 aliphatic rings. The van der Waals surface area contributed by atoms with Gasteiger partial charge in [-0.25, -0.2) is 0 Å². The molecule has 2 atom stereocenters. The fourth-order valence-electron chi connectivity index (χ4n) is 4.08. The topological polar surface area (TPSA) is 19.4 Å². The number of nitrogens with zero attached hydrogens (tertiary/aromatic N) is 3. The van der Waals surface area contributed by atoms with E-state index in [9.17, 15) is 0 Å². The maximum Gasteiger partial charge on any atom is 0.0928 e. The van der Waals surface area contributed by atoms with E-state index in [-0.39, 0.29) is 5.41 Å². The number of thiocarbonyl (C=S) groups is 1. The Morgan fingerprint density at radius 3 is 2.74 bits per heavy atom. The number of hydrogen-bond donors (Lipinski definition) is 0. The molecule has 1 fully saturated rings. The largest absolute Gasteiger partial charge is 0.353 e. The summed E-state index contributed by atoms with van der Waals surface area (Å²) in [6.45, 7) is 8.40. The highest BCUT2D eigenvalue weighted by Gasteiger charge is 2.50. The standard InChI is InChI=1S/C19H27N3S/c1-3-21-14-19(16-10-6-5-7-11-16,17-12-8-9-13-20-17)18(23)22(4-2)15-21/h5-6,8-9,12-13,16H,3-4,7,10-11,14-15H2,1-2H3. The van der Waals surface area contributed by atoms with Crippen molar-refractivity contribution in [1.82, 2.24) is 14.8 Å². The molecule has 124 valence electrons. The average molecular weight is 330 g/mol. The van der Waals surface area contributed by atoms with Gasteiger partial charge in [0.05, 0.1) is 22.8 Å². The Kier molecular flexibility index (Phi) is 5.12. The van der Waals surface area contributed by atoms with E-state index in [0.29, 0.717) is 5.92 Å². The molecule has 0 aromatic carbocycles. The Balaban J connectivity index is 2.09. The maximum absolute atomic E-state index is 6.06. The molecule has 0 N–H and O–H groups in total. The van der Waals surface area contributed by atoms with Crippen LogP contribution >= 0.6 is 12.2 Å². The van der Waals surface area contributed by atoms with Gasteiger partial charge >= 0.3 is 0 Å². The summed E-state index contributed by atoms with van der Waals surface area (Å²) in [4.78, 5) is 10.8. The van der Waals surface area contributed by atoms with Crippen LogP contribution in [0, 0.1) is 5.92 Å². The lowest BCUT2D eigenvalue weighted by molar-refractivity contribution is 0.104. The van der Waals surface area contributed by atoms with Crippen LogP contribution in [0.2, 0.25) is 0 Å². The maximum atomic E-state index is 6.06. The van der Waals surface area contributed by atoms with Crippen LogP contribution in [0.1, 0.15) is 38.8 Å². The minimum absolute atomic E-state index is 0.133. The lowest BCUT2D eigenvalue weighted by atomic mass is 9.66. The van der Waals surface area contributed by atoms with Crippen LogP contribution in [0.25, 0.3) is 0 Å². The average Bonchev–Trinajstić information content (AvgIpc) is 2.63. The highest BCUT2D eigenvalue weighted by atomic mass is 32.1. The van der Waals surface area contributed by atoms with Gasteiger partial charge in [-0.15, -0.1) is 0 Å². The zero-order chi connectivity index (χ0) is 16.3. The highest BCUT2D eigenvalue weighted by molar-refractivity contribution is 7.80. The molecule has 0 radical (unpaired) electrons. The summed E-state index contributed by atoms with van der Waals surface area (Å²) in [5, 5.41) is 0. The van der Waals surface area contributed by atoms with E-state index in [1.165, 1.54) is 6.42 Å². The van der Waals surface area contributed by atoms with Gasteiger partial charge in [-0.05, 0) is 50.8 Å². The first-order valence-corrected chi connectivity index (χ1v) is 9.21. The molecule has 1 aromatic rings. The minimum Gasteiger partial charge on any atom is -0.353 e. The van der Waals surface area contributed by atoms with Crippen molar-refractivity contribution < 1.29 is 0 Å². The molecule has 0 bridgehead atoms. The summed E-state index contributed by atoms with van der Waals surface area (Å²) in [6.07, 6.45) is 10.0. The third-order valence-corrected chi connectivity index (χ3v) is 6.05. The minimum atomic E-state index is -0.133. The van der Waals surface area contributed by atoms with E-state index < -0.39 is 0 Å². The number of rotatable bonds is 4. The van der Waals surface area contributed by atoms with Crippen molar-refractivity contribution in [2.45, 2.75) is 38.5 Å². The van der Waals surface area contributed by atoms with Crippen molar-refractivity contribution in [1.29, 1.82) is 0 Å². The fraction of sp³-hybridized carbons (Fsp3) is 0.579. The van der Waals surface area contributed by atoms with Gasteiger partial charge in [-0.1, -0.05) is 37.4 Å². The van der Waals surface area contributed by atoms with Gasteiger partial charge < -0.3 is 4.90 Å². The van der Waals surface area contributed by atoms with Crippen molar-refractivity contribution >= 4 is 17.2 Å². The third kappa shape index (κ3) is 2.94.